The molecule has 1 amide bonds. The molecule has 0 atom stereocenters. The molecule has 0 N–H and O–H groups in total. The molecule has 1 fully saturated rings. The van der Waals surface area contributed by atoms with Gasteiger partial charge in [0.1, 0.15) is 5.58 Å². The number of ketones is 1. The molecule has 2 aromatic carbocycles. The van der Waals surface area contributed by atoms with Crippen LogP contribution in [-0.2, 0) is 15.6 Å². The van der Waals surface area contributed by atoms with Crippen molar-refractivity contribution < 1.29 is 22.4 Å². The number of sulfone groups is 1. The summed E-state index contributed by atoms with van der Waals surface area (Å²) in [4.78, 5) is 27.7. The molecular formula is C24H25NO5S. The normalized spacial score (nSPS) is 15.4. The molecule has 0 saturated carbocycles. The van der Waals surface area contributed by atoms with Crippen LogP contribution in [0.1, 0.15) is 44.9 Å². The summed E-state index contributed by atoms with van der Waals surface area (Å²) in [5.74, 6) is -0.523. The lowest BCUT2D eigenvalue weighted by atomic mass is 9.88. The van der Waals surface area contributed by atoms with E-state index < -0.39 is 9.84 Å². The van der Waals surface area contributed by atoms with E-state index in [0.29, 0.717) is 48.0 Å². The first-order valence-electron chi connectivity index (χ1n) is 10.3. The molecule has 162 valence electrons. The summed E-state index contributed by atoms with van der Waals surface area (Å²) < 4.78 is 29.7. The Kier molecular flexibility index (Phi) is 5.71. The molecule has 0 spiro atoms. The second kappa shape index (κ2) is 8.30. The molecule has 1 aliphatic heterocycles. The summed E-state index contributed by atoms with van der Waals surface area (Å²) in [5.41, 5.74) is 2.70. The van der Waals surface area contributed by atoms with E-state index in [2.05, 4.69) is 0 Å². The van der Waals surface area contributed by atoms with Crippen molar-refractivity contribution in [2.75, 3.05) is 19.3 Å². The van der Waals surface area contributed by atoms with Crippen molar-refractivity contribution >= 4 is 32.5 Å². The number of para-hydroxylation sites is 1. The number of nitrogens with zero attached hydrogens (tertiary/aromatic N) is 1. The van der Waals surface area contributed by atoms with Gasteiger partial charge in [0.15, 0.2) is 21.4 Å². The molecule has 0 unspecified atom stereocenters. The van der Waals surface area contributed by atoms with Crippen LogP contribution in [0.15, 0.2) is 52.9 Å². The van der Waals surface area contributed by atoms with Gasteiger partial charge in [0.2, 0.25) is 0 Å². The van der Waals surface area contributed by atoms with Gasteiger partial charge in [-0.05, 0) is 25.8 Å². The summed E-state index contributed by atoms with van der Waals surface area (Å²) in [6.45, 7) is 2.83. The molecule has 1 saturated heterocycles. The van der Waals surface area contributed by atoms with E-state index >= 15 is 0 Å². The van der Waals surface area contributed by atoms with Crippen LogP contribution < -0.4 is 0 Å². The summed E-state index contributed by atoms with van der Waals surface area (Å²) in [5, 5.41) is 0.640. The topological polar surface area (TPSA) is 84.7 Å². The number of amides is 1. The van der Waals surface area contributed by atoms with E-state index in [4.69, 9.17) is 4.42 Å². The molecule has 7 heteroatoms. The first kappa shape index (κ1) is 21.3. The number of aryl methyl sites for hydroxylation is 1. The van der Waals surface area contributed by atoms with Gasteiger partial charge < -0.3 is 9.32 Å². The van der Waals surface area contributed by atoms with Gasteiger partial charge in [-0.2, -0.15) is 0 Å². The third kappa shape index (κ3) is 4.56. The lowest BCUT2D eigenvalue weighted by Crippen LogP contribution is -2.40. The Morgan fingerprint density at radius 1 is 1.03 bits per heavy atom. The van der Waals surface area contributed by atoms with E-state index in [1.54, 1.807) is 29.2 Å². The number of benzene rings is 2. The number of fused-ring (bicyclic) bond motifs is 1. The fourth-order valence-electron chi connectivity index (χ4n) is 4.12. The van der Waals surface area contributed by atoms with Gasteiger partial charge in [0.25, 0.3) is 5.91 Å². The third-order valence-corrected chi connectivity index (χ3v) is 6.60. The number of hydrogen-bond acceptors (Lipinski definition) is 5. The van der Waals surface area contributed by atoms with Crippen LogP contribution in [0.3, 0.4) is 0 Å². The summed E-state index contributed by atoms with van der Waals surface area (Å²) in [6, 6.07) is 14.6. The smallest absolute Gasteiger partial charge is 0.289 e. The minimum Gasteiger partial charge on any atom is -0.451 e. The van der Waals surface area contributed by atoms with Gasteiger partial charge in [-0.15, -0.1) is 0 Å². The van der Waals surface area contributed by atoms with E-state index in [1.807, 2.05) is 31.2 Å². The van der Waals surface area contributed by atoms with Crippen molar-refractivity contribution in [2.45, 2.75) is 25.5 Å². The Bertz CT molecular complexity index is 1230. The molecule has 3 aromatic rings. The Morgan fingerprint density at radius 2 is 1.68 bits per heavy atom. The van der Waals surface area contributed by atoms with Crippen LogP contribution in [0.25, 0.3) is 11.0 Å². The van der Waals surface area contributed by atoms with Gasteiger partial charge in [-0.1, -0.05) is 48.0 Å². The average molecular weight is 440 g/mol. The highest BCUT2D eigenvalue weighted by molar-refractivity contribution is 7.89. The Balaban J connectivity index is 1.52. The fourth-order valence-corrected chi connectivity index (χ4v) is 4.93. The number of rotatable bonds is 5. The van der Waals surface area contributed by atoms with E-state index in [1.165, 1.54) is 0 Å². The summed E-state index contributed by atoms with van der Waals surface area (Å²) in [7, 11) is -3.35. The minimum atomic E-state index is -3.35. The molecule has 2 heterocycles. The van der Waals surface area contributed by atoms with Crippen molar-refractivity contribution in [3.63, 3.8) is 0 Å². The fraction of sp³-hybridized carbons (Fsp3) is 0.333. The van der Waals surface area contributed by atoms with Crippen molar-refractivity contribution in [1.82, 2.24) is 4.90 Å². The maximum Gasteiger partial charge on any atom is 0.289 e. The maximum atomic E-state index is 13.2. The lowest BCUT2D eigenvalue weighted by Gasteiger charge is -2.31. The molecule has 0 radical (unpaired) electrons. The second-order valence-corrected chi connectivity index (χ2v) is 10.4. The number of likely N-dealkylation sites (tertiary alicyclic amines) is 1. The number of carbonyl (C=O) groups excluding carboxylic acids is 2. The zero-order valence-electron chi connectivity index (χ0n) is 17.6. The highest BCUT2D eigenvalue weighted by atomic mass is 32.2. The molecule has 0 aliphatic carbocycles. The number of Topliss-reactive ketones (excluding diaryl/α,β-unsaturated/α-hetero) is 1. The van der Waals surface area contributed by atoms with Gasteiger partial charge in [-0.25, -0.2) is 8.42 Å². The Hall–Kier alpha value is -2.93. The van der Waals surface area contributed by atoms with Crippen LogP contribution in [0.4, 0.5) is 0 Å². The van der Waals surface area contributed by atoms with E-state index in [9.17, 15) is 18.0 Å². The standard InChI is InChI=1S/C24H25NO5S/c1-16-7-9-17(10-8-16)22(26)18-11-13-25(14-12-18)24(27)23-20(15-31(2,28)29)19-5-3-4-6-21(19)30-23/h3-10,18H,11-15H2,1-2H3. The number of furan rings is 1. The van der Waals surface area contributed by atoms with Crippen molar-refractivity contribution in [3.8, 4) is 0 Å². The number of carbonyl (C=O) groups is 2. The lowest BCUT2D eigenvalue weighted by molar-refractivity contribution is 0.0625. The monoisotopic (exact) mass is 439 g/mol. The average Bonchev–Trinajstić information content (AvgIpc) is 3.10. The molecule has 6 nitrogen and oxygen atoms in total. The largest absolute Gasteiger partial charge is 0.451 e. The maximum absolute atomic E-state index is 13.2. The Morgan fingerprint density at radius 3 is 2.32 bits per heavy atom. The van der Waals surface area contributed by atoms with Crippen LogP contribution in [0, 0.1) is 12.8 Å². The SMILES string of the molecule is Cc1ccc(C(=O)C2CCN(C(=O)c3oc4ccccc4c3CS(C)(=O)=O)CC2)cc1. The summed E-state index contributed by atoms with van der Waals surface area (Å²) >= 11 is 0. The second-order valence-electron chi connectivity index (χ2n) is 8.27. The van der Waals surface area contributed by atoms with Crippen LogP contribution in [-0.4, -0.2) is 44.4 Å². The van der Waals surface area contributed by atoms with Gasteiger partial charge >= 0.3 is 0 Å². The predicted octanol–water partition coefficient (Wildman–Crippen LogP) is 4.02. The molecular weight excluding hydrogens is 414 g/mol. The molecule has 31 heavy (non-hydrogen) atoms. The molecule has 1 aromatic heterocycles. The van der Waals surface area contributed by atoms with Crippen LogP contribution in [0.2, 0.25) is 0 Å². The molecule has 4 rings (SSSR count). The van der Waals surface area contributed by atoms with Crippen LogP contribution in [0.5, 0.6) is 0 Å². The molecule has 0 bridgehead atoms. The van der Waals surface area contributed by atoms with Crippen molar-refractivity contribution in [3.05, 3.63) is 71.0 Å². The third-order valence-electron chi connectivity index (χ3n) is 5.79. The molecule has 1 aliphatic rings. The predicted molar refractivity (Wildman–Crippen MR) is 119 cm³/mol. The number of hydrogen-bond donors (Lipinski definition) is 0. The number of piperidine rings is 1. The van der Waals surface area contributed by atoms with E-state index in [0.717, 1.165) is 11.8 Å². The zero-order chi connectivity index (χ0) is 22.2. The van der Waals surface area contributed by atoms with Crippen molar-refractivity contribution in [2.24, 2.45) is 5.92 Å². The van der Waals surface area contributed by atoms with Crippen molar-refractivity contribution in [1.29, 1.82) is 0 Å². The van der Waals surface area contributed by atoms with Gasteiger partial charge in [0, 0.05) is 41.8 Å². The summed E-state index contributed by atoms with van der Waals surface area (Å²) in [6.07, 6.45) is 2.28. The van der Waals surface area contributed by atoms with Crippen LogP contribution >= 0.6 is 0 Å². The first-order valence-corrected chi connectivity index (χ1v) is 12.4. The quantitative estimate of drug-likeness (QED) is 0.561. The van der Waals surface area contributed by atoms with E-state index in [-0.39, 0.29) is 29.1 Å². The zero-order valence-corrected chi connectivity index (χ0v) is 18.4. The van der Waals surface area contributed by atoms with Gasteiger partial charge in [-0.3, -0.25) is 9.59 Å². The minimum absolute atomic E-state index is 0.0786. The highest BCUT2D eigenvalue weighted by Crippen LogP contribution is 2.30. The highest BCUT2D eigenvalue weighted by Gasteiger charge is 2.32. The van der Waals surface area contributed by atoms with Gasteiger partial charge in [0.05, 0.1) is 5.75 Å². The Labute approximate surface area is 181 Å². The first-order chi connectivity index (χ1) is 14.7.